The van der Waals surface area contributed by atoms with Gasteiger partial charge in [-0.3, -0.25) is 24.6 Å². The molecule has 0 bridgehead atoms. The predicted octanol–water partition coefficient (Wildman–Crippen LogP) is 0.600. The first kappa shape index (κ1) is 26.2. The Balaban J connectivity index is 1.38. The number of hydrogen-bond donors (Lipinski definition) is 6. The number of aryl methyl sites for hydroxylation is 3. The number of amides is 4. The molecule has 38 heavy (non-hydrogen) atoms. The highest BCUT2D eigenvalue weighted by Crippen LogP contribution is 2.20. The summed E-state index contributed by atoms with van der Waals surface area (Å²) in [6.45, 7) is 0.617. The van der Waals surface area contributed by atoms with Crippen LogP contribution in [0.1, 0.15) is 37.9 Å². The Kier molecular flexibility index (Phi) is 7.34. The zero-order chi connectivity index (χ0) is 27.6. The van der Waals surface area contributed by atoms with Crippen molar-refractivity contribution >= 4 is 46.5 Å². The minimum Gasteiger partial charge on any atom is -0.388 e. The molecule has 0 aromatic carbocycles. The summed E-state index contributed by atoms with van der Waals surface area (Å²) in [7, 11) is 5.02. The van der Waals surface area contributed by atoms with E-state index in [2.05, 4.69) is 21.3 Å². The van der Waals surface area contributed by atoms with E-state index in [-0.39, 0.29) is 36.3 Å². The number of amidine groups is 1. The topological polar surface area (TPSA) is 194 Å². The Labute approximate surface area is 217 Å². The van der Waals surface area contributed by atoms with Crippen molar-refractivity contribution in [3.05, 3.63) is 53.9 Å². The van der Waals surface area contributed by atoms with Crippen LogP contribution in [-0.2, 0) is 30.7 Å². The average molecular weight is 524 g/mol. The van der Waals surface area contributed by atoms with Crippen LogP contribution in [0.25, 0.3) is 0 Å². The first-order valence-electron chi connectivity index (χ1n) is 11.7. The second-order valence-corrected chi connectivity index (χ2v) is 8.93. The van der Waals surface area contributed by atoms with Crippen molar-refractivity contribution in [2.45, 2.75) is 12.5 Å². The van der Waals surface area contributed by atoms with Gasteiger partial charge >= 0.3 is 0 Å². The van der Waals surface area contributed by atoms with Crippen molar-refractivity contribution in [3.63, 3.8) is 0 Å². The lowest BCUT2D eigenvalue weighted by molar-refractivity contribution is -0.117. The molecule has 1 aliphatic rings. The van der Waals surface area contributed by atoms with Gasteiger partial charge in [-0.15, -0.1) is 0 Å². The van der Waals surface area contributed by atoms with Gasteiger partial charge in [-0.05, 0) is 18.2 Å². The molecule has 4 amide bonds. The van der Waals surface area contributed by atoms with Gasteiger partial charge in [-0.1, -0.05) is 0 Å². The number of ether oxygens (including phenoxy) is 1. The Morgan fingerprint density at radius 3 is 1.68 bits per heavy atom. The summed E-state index contributed by atoms with van der Waals surface area (Å²) >= 11 is 0. The second-order valence-electron chi connectivity index (χ2n) is 8.93. The van der Waals surface area contributed by atoms with Crippen molar-refractivity contribution in [1.82, 2.24) is 19.0 Å². The Morgan fingerprint density at radius 1 is 0.842 bits per heavy atom. The van der Waals surface area contributed by atoms with Gasteiger partial charge in [0.2, 0.25) is 0 Å². The highest BCUT2D eigenvalue weighted by Gasteiger charge is 2.31. The molecule has 0 radical (unpaired) electrons. The van der Waals surface area contributed by atoms with Crippen LogP contribution < -0.4 is 27.0 Å². The molecule has 14 heteroatoms. The van der Waals surface area contributed by atoms with E-state index in [0.29, 0.717) is 35.1 Å². The van der Waals surface area contributed by atoms with Crippen molar-refractivity contribution in [2.24, 2.45) is 26.9 Å². The van der Waals surface area contributed by atoms with Gasteiger partial charge in [-0.2, -0.15) is 0 Å². The van der Waals surface area contributed by atoms with E-state index in [4.69, 9.17) is 15.9 Å². The molecular formula is C24H29N9O5. The summed E-state index contributed by atoms with van der Waals surface area (Å²) in [6, 6.07) is 4.62. The van der Waals surface area contributed by atoms with Crippen LogP contribution in [0.2, 0.25) is 0 Å². The first-order valence-corrected chi connectivity index (χ1v) is 11.7. The molecule has 0 unspecified atom stereocenters. The van der Waals surface area contributed by atoms with Crippen LogP contribution in [0, 0.1) is 5.41 Å². The number of nitrogens with zero attached hydrogens (tertiary/aromatic N) is 3. The van der Waals surface area contributed by atoms with Crippen LogP contribution >= 0.6 is 0 Å². The minimum absolute atomic E-state index is 0.0235. The second kappa shape index (κ2) is 10.6. The number of carbonyl (C=O) groups is 4. The monoisotopic (exact) mass is 523 g/mol. The van der Waals surface area contributed by atoms with Crippen LogP contribution in [0.3, 0.4) is 0 Å². The van der Waals surface area contributed by atoms with Gasteiger partial charge in [-0.25, -0.2) is 0 Å². The maximum absolute atomic E-state index is 12.9. The van der Waals surface area contributed by atoms with Crippen LogP contribution in [0.15, 0.2) is 36.8 Å². The molecule has 7 N–H and O–H groups in total. The highest BCUT2D eigenvalue weighted by atomic mass is 16.6. The molecule has 0 saturated carbocycles. The van der Waals surface area contributed by atoms with Crippen molar-refractivity contribution < 1.29 is 23.9 Å². The first-order chi connectivity index (χ1) is 18.0. The smallest absolute Gasteiger partial charge is 0.272 e. The molecule has 200 valence electrons. The number of rotatable bonds is 10. The molecule has 3 aromatic rings. The summed E-state index contributed by atoms with van der Waals surface area (Å²) in [4.78, 5) is 50.0. The van der Waals surface area contributed by atoms with Gasteiger partial charge in [0.25, 0.3) is 23.6 Å². The quantitative estimate of drug-likeness (QED) is 0.128. The number of epoxide rings is 1. The number of carbonyl (C=O) groups excluding carboxylic acids is 4. The van der Waals surface area contributed by atoms with Crippen molar-refractivity contribution in [2.75, 3.05) is 29.1 Å². The van der Waals surface area contributed by atoms with E-state index < -0.39 is 17.9 Å². The van der Waals surface area contributed by atoms with E-state index in [9.17, 15) is 19.2 Å². The van der Waals surface area contributed by atoms with Gasteiger partial charge in [0.05, 0.1) is 29.5 Å². The Hall–Kier alpha value is -4.85. The number of anilines is 3. The fourth-order valence-electron chi connectivity index (χ4n) is 3.79. The van der Waals surface area contributed by atoms with E-state index in [1.54, 1.807) is 59.5 Å². The molecule has 1 saturated heterocycles. The molecule has 3 aromatic heterocycles. The molecule has 4 rings (SSSR count). The fraction of sp³-hybridized carbons (Fsp3) is 0.292. The summed E-state index contributed by atoms with van der Waals surface area (Å²) < 4.78 is 9.67. The largest absolute Gasteiger partial charge is 0.388 e. The molecule has 1 fully saturated rings. The Bertz CT molecular complexity index is 1430. The predicted molar refractivity (Wildman–Crippen MR) is 139 cm³/mol. The van der Waals surface area contributed by atoms with Crippen LogP contribution in [0.5, 0.6) is 0 Å². The number of nitrogens with two attached hydrogens (primary N) is 1. The maximum atomic E-state index is 12.9. The number of nitrogens with one attached hydrogen (secondary N) is 5. The zero-order valence-corrected chi connectivity index (χ0v) is 21.1. The molecule has 0 spiro atoms. The third-order valence-corrected chi connectivity index (χ3v) is 5.80. The summed E-state index contributed by atoms with van der Waals surface area (Å²) in [6.07, 6.45) is 4.62. The SMILES string of the molecule is Cn1cc(NC(=O)c2cc(NC(=O)c3cc(NC(=O)[C@@H]4CO4)cn3C)cn2C)cc1C(=O)NCCC(=N)N. The van der Waals surface area contributed by atoms with E-state index in [0.717, 1.165) is 0 Å². The summed E-state index contributed by atoms with van der Waals surface area (Å²) in [5.41, 5.74) is 7.50. The third-order valence-electron chi connectivity index (χ3n) is 5.80. The lowest BCUT2D eigenvalue weighted by Gasteiger charge is -2.04. The van der Waals surface area contributed by atoms with Gasteiger partial charge in [0.1, 0.15) is 17.1 Å². The molecule has 14 nitrogen and oxygen atoms in total. The minimum atomic E-state index is -0.446. The molecule has 4 heterocycles. The molecular weight excluding hydrogens is 494 g/mol. The summed E-state index contributed by atoms with van der Waals surface area (Å²) in [5.74, 6) is -1.50. The van der Waals surface area contributed by atoms with E-state index >= 15 is 0 Å². The van der Waals surface area contributed by atoms with Gasteiger partial charge in [0, 0.05) is 52.7 Å². The third kappa shape index (κ3) is 6.10. The lowest BCUT2D eigenvalue weighted by Crippen LogP contribution is -2.28. The van der Waals surface area contributed by atoms with E-state index in [1.807, 2.05) is 0 Å². The average Bonchev–Trinajstić information content (AvgIpc) is 3.41. The Morgan fingerprint density at radius 2 is 1.26 bits per heavy atom. The van der Waals surface area contributed by atoms with E-state index in [1.165, 1.54) is 12.1 Å². The molecule has 1 atom stereocenters. The summed E-state index contributed by atoms with van der Waals surface area (Å²) in [5, 5.41) is 18.1. The van der Waals surface area contributed by atoms with Crippen molar-refractivity contribution in [3.8, 4) is 0 Å². The normalized spacial score (nSPS) is 14.0. The number of hydrogen-bond acceptors (Lipinski definition) is 6. The van der Waals surface area contributed by atoms with Crippen LogP contribution in [-0.4, -0.2) is 62.4 Å². The van der Waals surface area contributed by atoms with Gasteiger partial charge < -0.3 is 45.4 Å². The number of aromatic nitrogens is 3. The fourth-order valence-corrected chi connectivity index (χ4v) is 3.79. The molecule has 0 aliphatic carbocycles. The molecule has 1 aliphatic heterocycles. The van der Waals surface area contributed by atoms with Crippen molar-refractivity contribution in [1.29, 1.82) is 5.41 Å². The zero-order valence-electron chi connectivity index (χ0n) is 21.1. The van der Waals surface area contributed by atoms with Crippen LogP contribution in [0.4, 0.5) is 17.1 Å². The lowest BCUT2D eigenvalue weighted by atomic mass is 10.3. The standard InChI is InChI=1S/C24H29N9O5/c1-31-9-13(6-16(31)21(34)27-5-4-20(25)26)28-22(35)17-7-14(10-32(17)2)29-23(36)18-8-15(11-33(18)3)30-24(37)19-12-38-19/h6-11,19H,4-5,12H2,1-3H3,(H3,25,26)(H,27,34)(H,28,35)(H,29,36)(H,30,37)/t19-/m0/s1. The highest BCUT2D eigenvalue weighted by molar-refractivity contribution is 6.08. The maximum Gasteiger partial charge on any atom is 0.272 e. The van der Waals surface area contributed by atoms with Gasteiger partial charge in [0.15, 0.2) is 6.10 Å².